The Morgan fingerprint density at radius 1 is 0.533 bits per heavy atom. The summed E-state index contributed by atoms with van der Waals surface area (Å²) in [6.07, 6.45) is 58.0. The Balaban J connectivity index is 3.67. The largest absolute Gasteiger partial charge is 0.472 e. The lowest BCUT2D eigenvalue weighted by atomic mass is 10.1. The van der Waals surface area contributed by atoms with Gasteiger partial charge in [0.2, 0.25) is 5.91 Å². The summed E-state index contributed by atoms with van der Waals surface area (Å²) in [5.74, 6) is -0.555. The molecule has 0 aliphatic heterocycles. The minimum Gasteiger partial charge on any atom is -0.463 e. The zero-order chi connectivity index (χ0) is 43.9. The number of amides is 1. The summed E-state index contributed by atoms with van der Waals surface area (Å²) in [6.45, 7) is 3.39. The Labute approximate surface area is 366 Å². The van der Waals surface area contributed by atoms with Crippen LogP contribution >= 0.6 is 7.82 Å². The highest BCUT2D eigenvalue weighted by molar-refractivity contribution is 7.47. The van der Waals surface area contributed by atoms with Gasteiger partial charge in [0.25, 0.3) is 0 Å². The first-order valence-corrected chi connectivity index (χ1v) is 25.1. The van der Waals surface area contributed by atoms with Gasteiger partial charge >= 0.3 is 13.8 Å². The lowest BCUT2D eigenvalue weighted by Gasteiger charge is -2.15. The number of phosphoric ester groups is 1. The SMILES string of the molecule is CC/C=C\C/C=C\C/C=C\C/C=C\C/C=C\C/C=C\CCCCCCC(=O)OCC(O)COP(=O)(O)OCCNC(=O)CCCCCCC/C=C\CCCCCCCCC. The molecule has 0 bridgehead atoms. The summed E-state index contributed by atoms with van der Waals surface area (Å²) in [6, 6.07) is 0. The lowest BCUT2D eigenvalue weighted by molar-refractivity contribution is -0.147. The number of allylic oxidation sites excluding steroid dienone is 14. The van der Waals surface area contributed by atoms with E-state index in [4.69, 9.17) is 13.8 Å². The van der Waals surface area contributed by atoms with Crippen LogP contribution in [0.25, 0.3) is 0 Å². The monoisotopic (exact) mass is 860 g/mol. The lowest BCUT2D eigenvalue weighted by Crippen LogP contribution is -2.27. The number of aliphatic hydroxyl groups is 1. The van der Waals surface area contributed by atoms with Gasteiger partial charge in [-0.3, -0.25) is 18.6 Å². The van der Waals surface area contributed by atoms with Gasteiger partial charge in [-0.2, -0.15) is 0 Å². The predicted molar refractivity (Wildman–Crippen MR) is 252 cm³/mol. The van der Waals surface area contributed by atoms with Crippen LogP contribution in [0.15, 0.2) is 85.1 Å². The number of carbonyl (C=O) groups excluding carboxylic acids is 2. The Morgan fingerprint density at radius 2 is 0.950 bits per heavy atom. The molecule has 0 heterocycles. The number of carbonyl (C=O) groups is 2. The molecule has 0 spiro atoms. The summed E-state index contributed by atoms with van der Waals surface area (Å²) < 4.78 is 26.9. The van der Waals surface area contributed by atoms with E-state index < -0.39 is 26.5 Å². The van der Waals surface area contributed by atoms with Crippen LogP contribution in [0.4, 0.5) is 0 Å². The van der Waals surface area contributed by atoms with Crippen LogP contribution < -0.4 is 5.32 Å². The molecular formula is C50H86NO8P. The number of unbranched alkanes of at least 4 members (excludes halogenated alkanes) is 16. The van der Waals surface area contributed by atoms with E-state index in [0.717, 1.165) is 96.3 Å². The third kappa shape index (κ3) is 46.3. The molecule has 0 saturated carbocycles. The number of rotatable bonds is 43. The smallest absolute Gasteiger partial charge is 0.463 e. The van der Waals surface area contributed by atoms with Gasteiger partial charge in [0.1, 0.15) is 12.7 Å². The average molecular weight is 860 g/mol. The van der Waals surface area contributed by atoms with Crippen molar-refractivity contribution in [3.8, 4) is 0 Å². The van der Waals surface area contributed by atoms with Gasteiger partial charge < -0.3 is 20.1 Å². The van der Waals surface area contributed by atoms with Gasteiger partial charge in [0.05, 0.1) is 13.2 Å². The average Bonchev–Trinajstić information content (AvgIpc) is 3.23. The minimum absolute atomic E-state index is 0.0700. The number of esters is 1. The Kier molecular flexibility index (Phi) is 43.6. The van der Waals surface area contributed by atoms with Crippen molar-refractivity contribution < 1.29 is 37.9 Å². The molecule has 0 aliphatic carbocycles. The Morgan fingerprint density at radius 3 is 1.45 bits per heavy atom. The zero-order valence-electron chi connectivity index (χ0n) is 37.9. The molecule has 10 heteroatoms. The molecule has 0 radical (unpaired) electrons. The summed E-state index contributed by atoms with van der Waals surface area (Å²) in [7, 11) is -4.43. The van der Waals surface area contributed by atoms with Crippen LogP contribution in [-0.4, -0.2) is 54.3 Å². The molecule has 9 nitrogen and oxygen atoms in total. The topological polar surface area (TPSA) is 131 Å². The van der Waals surface area contributed by atoms with E-state index in [0.29, 0.717) is 12.8 Å². The molecule has 1 amide bonds. The number of hydrogen-bond donors (Lipinski definition) is 3. The molecule has 0 fully saturated rings. The molecule has 2 unspecified atom stereocenters. The molecule has 2 atom stereocenters. The quantitative estimate of drug-likeness (QED) is 0.0239. The molecule has 60 heavy (non-hydrogen) atoms. The standard InChI is InChI=1S/C50H86NO8P/c1-3-5-7-9-11-13-15-17-19-21-22-23-24-25-26-27-29-31-33-35-37-39-41-43-50(54)57-46-48(52)47-59-60(55,56)58-45-44-51-49(53)42-40-38-36-34-32-30-28-20-18-16-14-12-10-8-6-4-2/h5,7,11,13,17,19-20,22-23,25-26,28-29,31,48,52H,3-4,6,8-10,12,14-16,18,21,24,27,30,32-47H2,1-2H3,(H,51,53)(H,55,56)/b7-5-,13-11-,19-17-,23-22-,26-25-,28-20-,31-29-. The van der Waals surface area contributed by atoms with Gasteiger partial charge in [-0.1, -0.05) is 170 Å². The number of hydrogen-bond acceptors (Lipinski definition) is 7. The van der Waals surface area contributed by atoms with Crippen molar-refractivity contribution >= 4 is 19.7 Å². The van der Waals surface area contributed by atoms with Gasteiger partial charge in [-0.15, -0.1) is 0 Å². The third-order valence-corrected chi connectivity index (χ3v) is 10.5. The van der Waals surface area contributed by atoms with Crippen LogP contribution in [0.3, 0.4) is 0 Å². The van der Waals surface area contributed by atoms with Crippen LogP contribution in [-0.2, 0) is 27.9 Å². The molecule has 0 aliphatic rings. The summed E-state index contributed by atoms with van der Waals surface area (Å²) in [4.78, 5) is 34.0. The van der Waals surface area contributed by atoms with Crippen molar-refractivity contribution in [1.82, 2.24) is 5.32 Å². The van der Waals surface area contributed by atoms with Crippen molar-refractivity contribution in [3.63, 3.8) is 0 Å². The fourth-order valence-corrected chi connectivity index (χ4v) is 6.78. The fourth-order valence-electron chi connectivity index (χ4n) is 6.02. The minimum atomic E-state index is -4.43. The molecular weight excluding hydrogens is 774 g/mol. The maximum atomic E-state index is 12.1. The van der Waals surface area contributed by atoms with E-state index in [-0.39, 0.29) is 32.1 Å². The summed E-state index contributed by atoms with van der Waals surface area (Å²) >= 11 is 0. The van der Waals surface area contributed by atoms with Gasteiger partial charge in [0.15, 0.2) is 0 Å². The van der Waals surface area contributed by atoms with E-state index in [9.17, 15) is 24.2 Å². The normalized spacial score (nSPS) is 14.0. The van der Waals surface area contributed by atoms with Crippen LogP contribution in [0.2, 0.25) is 0 Å². The molecule has 3 N–H and O–H groups in total. The van der Waals surface area contributed by atoms with Gasteiger partial charge in [-0.05, 0) is 89.9 Å². The van der Waals surface area contributed by atoms with E-state index in [1.807, 2.05) is 0 Å². The number of ether oxygens (including phenoxy) is 1. The second-order valence-electron chi connectivity index (χ2n) is 15.3. The predicted octanol–water partition coefficient (Wildman–Crippen LogP) is 13.6. The van der Waals surface area contributed by atoms with Crippen molar-refractivity contribution in [2.24, 2.45) is 0 Å². The van der Waals surface area contributed by atoms with E-state index >= 15 is 0 Å². The Hall–Kier alpha value is -2.81. The van der Waals surface area contributed by atoms with E-state index in [1.54, 1.807) is 0 Å². The number of nitrogens with one attached hydrogen (secondary N) is 1. The summed E-state index contributed by atoms with van der Waals surface area (Å²) in [5.41, 5.74) is 0. The van der Waals surface area contributed by atoms with Crippen LogP contribution in [0.5, 0.6) is 0 Å². The number of aliphatic hydroxyl groups excluding tert-OH is 1. The molecule has 0 aromatic carbocycles. The first-order valence-electron chi connectivity index (χ1n) is 23.6. The highest BCUT2D eigenvalue weighted by atomic mass is 31.2. The molecule has 0 aromatic rings. The fraction of sp³-hybridized carbons (Fsp3) is 0.680. The highest BCUT2D eigenvalue weighted by Crippen LogP contribution is 2.42. The van der Waals surface area contributed by atoms with Crippen LogP contribution in [0, 0.1) is 0 Å². The Bertz CT molecular complexity index is 1250. The maximum absolute atomic E-state index is 12.1. The zero-order valence-corrected chi connectivity index (χ0v) is 38.8. The van der Waals surface area contributed by atoms with Crippen LogP contribution in [0.1, 0.15) is 187 Å². The van der Waals surface area contributed by atoms with E-state index in [1.165, 1.54) is 57.8 Å². The van der Waals surface area contributed by atoms with Crippen molar-refractivity contribution in [3.05, 3.63) is 85.1 Å². The molecule has 0 rings (SSSR count). The molecule has 0 saturated heterocycles. The highest BCUT2D eigenvalue weighted by Gasteiger charge is 2.23. The maximum Gasteiger partial charge on any atom is 0.472 e. The van der Waals surface area contributed by atoms with Gasteiger partial charge in [-0.25, -0.2) is 4.57 Å². The molecule has 0 aromatic heterocycles. The first-order chi connectivity index (χ1) is 29.3. The molecule has 344 valence electrons. The van der Waals surface area contributed by atoms with Crippen molar-refractivity contribution in [2.45, 2.75) is 193 Å². The second-order valence-corrected chi connectivity index (χ2v) is 16.8. The first kappa shape index (κ1) is 57.2. The van der Waals surface area contributed by atoms with Crippen molar-refractivity contribution in [1.29, 1.82) is 0 Å². The second kappa shape index (κ2) is 45.7. The number of phosphoric acid groups is 1. The van der Waals surface area contributed by atoms with Gasteiger partial charge in [0, 0.05) is 19.4 Å². The summed E-state index contributed by atoms with van der Waals surface area (Å²) in [5, 5.41) is 12.7. The third-order valence-electron chi connectivity index (χ3n) is 9.56. The van der Waals surface area contributed by atoms with E-state index in [2.05, 4.69) is 104 Å². The van der Waals surface area contributed by atoms with Crippen molar-refractivity contribution in [2.75, 3.05) is 26.4 Å².